The van der Waals surface area contributed by atoms with E-state index in [0.29, 0.717) is 5.92 Å². The van der Waals surface area contributed by atoms with Gasteiger partial charge in [0.1, 0.15) is 0 Å². The third-order valence-corrected chi connectivity index (χ3v) is 4.58. The van der Waals surface area contributed by atoms with E-state index in [1.165, 1.54) is 38.9 Å². The number of aryl methyl sites for hydroxylation is 3. The van der Waals surface area contributed by atoms with Crippen LogP contribution in [0, 0.1) is 26.7 Å². The van der Waals surface area contributed by atoms with Crippen LogP contribution in [0.5, 0.6) is 0 Å². The molecule has 0 unspecified atom stereocenters. The molecule has 2 aromatic carbocycles. The monoisotopic (exact) mass is 276 g/mol. The fourth-order valence-electron chi connectivity index (χ4n) is 3.37. The molecule has 0 saturated heterocycles. The van der Waals surface area contributed by atoms with Crippen molar-refractivity contribution < 1.29 is 0 Å². The van der Waals surface area contributed by atoms with E-state index in [-0.39, 0.29) is 0 Å². The van der Waals surface area contributed by atoms with Crippen LogP contribution in [0.4, 0.5) is 0 Å². The molecule has 0 fully saturated rings. The van der Waals surface area contributed by atoms with Crippen LogP contribution in [0.25, 0.3) is 17.2 Å². The second-order valence-corrected chi connectivity index (χ2v) is 6.75. The maximum Gasteiger partial charge on any atom is -0.00524 e. The van der Waals surface area contributed by atoms with Gasteiger partial charge in [-0.25, -0.2) is 0 Å². The van der Waals surface area contributed by atoms with Crippen LogP contribution in [0.15, 0.2) is 35.9 Å². The maximum atomic E-state index is 2.43. The third kappa shape index (κ3) is 2.55. The number of rotatable bonds is 2. The summed E-state index contributed by atoms with van der Waals surface area (Å²) in [6, 6.07) is 11.4. The van der Waals surface area contributed by atoms with Crippen LogP contribution in [0.3, 0.4) is 0 Å². The summed E-state index contributed by atoms with van der Waals surface area (Å²) in [4.78, 5) is 0. The van der Waals surface area contributed by atoms with Crippen LogP contribution >= 0.6 is 0 Å². The van der Waals surface area contributed by atoms with Gasteiger partial charge in [0.2, 0.25) is 0 Å². The molecule has 3 rings (SSSR count). The van der Waals surface area contributed by atoms with Crippen LogP contribution in [0.2, 0.25) is 0 Å². The van der Waals surface area contributed by atoms with Crippen molar-refractivity contribution in [2.45, 2.75) is 41.0 Å². The molecule has 0 aliphatic heterocycles. The van der Waals surface area contributed by atoms with Crippen molar-refractivity contribution in [1.29, 1.82) is 0 Å². The molecule has 0 saturated carbocycles. The van der Waals surface area contributed by atoms with E-state index >= 15 is 0 Å². The molecular formula is C21H24. The molecule has 0 heteroatoms. The van der Waals surface area contributed by atoms with Crippen LogP contribution in [-0.4, -0.2) is 0 Å². The van der Waals surface area contributed by atoms with Gasteiger partial charge in [0.15, 0.2) is 0 Å². The van der Waals surface area contributed by atoms with Gasteiger partial charge in [-0.15, -0.1) is 0 Å². The molecule has 21 heavy (non-hydrogen) atoms. The molecule has 0 radical (unpaired) electrons. The van der Waals surface area contributed by atoms with Crippen molar-refractivity contribution in [1.82, 2.24) is 0 Å². The maximum absolute atomic E-state index is 2.43. The van der Waals surface area contributed by atoms with E-state index in [9.17, 15) is 0 Å². The molecule has 0 N–H and O–H groups in total. The van der Waals surface area contributed by atoms with Crippen molar-refractivity contribution >= 4 is 6.08 Å². The van der Waals surface area contributed by atoms with E-state index < -0.39 is 0 Å². The average Bonchev–Trinajstić information content (AvgIpc) is 2.84. The van der Waals surface area contributed by atoms with Gasteiger partial charge in [0, 0.05) is 0 Å². The topological polar surface area (TPSA) is 0 Å². The quantitative estimate of drug-likeness (QED) is 0.643. The summed E-state index contributed by atoms with van der Waals surface area (Å²) in [7, 11) is 0. The first-order chi connectivity index (χ1) is 9.95. The fraction of sp³-hybridized carbons (Fsp3) is 0.333. The van der Waals surface area contributed by atoms with E-state index in [1.807, 2.05) is 0 Å². The molecule has 0 spiro atoms. The molecule has 1 aliphatic carbocycles. The molecule has 0 nitrogen and oxygen atoms in total. The molecule has 108 valence electrons. The lowest BCUT2D eigenvalue weighted by molar-refractivity contribution is 0.754. The zero-order chi connectivity index (χ0) is 15.1. The van der Waals surface area contributed by atoms with Gasteiger partial charge in [-0.05, 0) is 60.9 Å². The summed E-state index contributed by atoms with van der Waals surface area (Å²) < 4.78 is 0. The molecule has 0 bridgehead atoms. The summed E-state index contributed by atoms with van der Waals surface area (Å²) in [6.07, 6.45) is 3.55. The van der Waals surface area contributed by atoms with E-state index in [2.05, 4.69) is 71.0 Å². The Labute approximate surface area is 128 Å². The first-order valence-electron chi connectivity index (χ1n) is 7.87. The zero-order valence-electron chi connectivity index (χ0n) is 13.7. The lowest BCUT2D eigenvalue weighted by atomic mass is 9.92. The highest BCUT2D eigenvalue weighted by Gasteiger charge is 2.20. The molecule has 1 aliphatic rings. The number of hydrogen-bond donors (Lipinski definition) is 0. The van der Waals surface area contributed by atoms with Gasteiger partial charge in [0.25, 0.3) is 0 Å². The summed E-state index contributed by atoms with van der Waals surface area (Å²) in [5, 5.41) is 0. The van der Waals surface area contributed by atoms with Crippen LogP contribution in [0.1, 0.15) is 41.7 Å². The smallest absolute Gasteiger partial charge is 0.00524 e. The predicted molar refractivity (Wildman–Crippen MR) is 92.6 cm³/mol. The van der Waals surface area contributed by atoms with Gasteiger partial charge in [-0.1, -0.05) is 67.0 Å². The van der Waals surface area contributed by atoms with Gasteiger partial charge < -0.3 is 0 Å². The normalized spacial score (nSPS) is 13.5. The second-order valence-electron chi connectivity index (χ2n) is 6.75. The Hall–Kier alpha value is -1.82. The standard InChI is InChI=1S/C21H24/c1-13(2)17-11-20-16(5)6-7-19(21(20)12-17)18-9-14(3)8-15(4)10-18/h6-10,12-13H,11H2,1-5H3. The van der Waals surface area contributed by atoms with Crippen LogP contribution in [-0.2, 0) is 6.42 Å². The highest BCUT2D eigenvalue weighted by atomic mass is 14.2. The van der Waals surface area contributed by atoms with E-state index in [4.69, 9.17) is 0 Å². The first-order valence-corrected chi connectivity index (χ1v) is 7.87. The number of fused-ring (bicyclic) bond motifs is 1. The minimum Gasteiger partial charge on any atom is -0.0626 e. The Balaban J connectivity index is 2.19. The summed E-state index contributed by atoms with van der Waals surface area (Å²) >= 11 is 0. The average molecular weight is 276 g/mol. The van der Waals surface area contributed by atoms with Crippen molar-refractivity contribution in [3.05, 3.63) is 63.7 Å². The summed E-state index contributed by atoms with van der Waals surface area (Å²) in [5.41, 5.74) is 11.4. The van der Waals surface area contributed by atoms with Gasteiger partial charge in [0.05, 0.1) is 0 Å². The summed E-state index contributed by atoms with van der Waals surface area (Å²) in [5.74, 6) is 0.629. The van der Waals surface area contributed by atoms with Crippen molar-refractivity contribution in [3.63, 3.8) is 0 Å². The number of allylic oxidation sites excluding steroid dienone is 1. The Morgan fingerprint density at radius 1 is 0.905 bits per heavy atom. The number of hydrogen-bond acceptors (Lipinski definition) is 0. The lowest BCUT2D eigenvalue weighted by Crippen LogP contribution is -1.95. The molecule has 2 aromatic rings. The SMILES string of the molecule is Cc1cc(C)cc(-c2ccc(C)c3c2C=C(C(C)C)C3)c1. The van der Waals surface area contributed by atoms with Gasteiger partial charge >= 0.3 is 0 Å². The predicted octanol–water partition coefficient (Wildman–Crippen LogP) is 5.87. The Kier molecular flexibility index (Phi) is 3.49. The van der Waals surface area contributed by atoms with Crippen LogP contribution < -0.4 is 0 Å². The molecular weight excluding hydrogens is 252 g/mol. The van der Waals surface area contributed by atoms with Crippen molar-refractivity contribution in [2.24, 2.45) is 5.92 Å². The minimum absolute atomic E-state index is 0.629. The molecule has 0 amide bonds. The fourth-order valence-corrected chi connectivity index (χ4v) is 3.37. The summed E-state index contributed by atoms with van der Waals surface area (Å²) in [6.45, 7) is 11.2. The Morgan fingerprint density at radius 2 is 1.57 bits per heavy atom. The highest BCUT2D eigenvalue weighted by molar-refractivity contribution is 5.82. The zero-order valence-corrected chi connectivity index (χ0v) is 13.7. The first kappa shape index (κ1) is 14.1. The Morgan fingerprint density at radius 3 is 2.19 bits per heavy atom. The van der Waals surface area contributed by atoms with Crippen molar-refractivity contribution in [2.75, 3.05) is 0 Å². The van der Waals surface area contributed by atoms with Crippen molar-refractivity contribution in [3.8, 4) is 11.1 Å². The van der Waals surface area contributed by atoms with E-state index in [1.54, 1.807) is 5.57 Å². The molecule has 0 atom stereocenters. The third-order valence-electron chi connectivity index (χ3n) is 4.58. The molecule has 0 aromatic heterocycles. The molecule has 0 heterocycles. The largest absolute Gasteiger partial charge is 0.0626 e. The number of benzene rings is 2. The highest BCUT2D eigenvalue weighted by Crippen LogP contribution is 2.38. The minimum atomic E-state index is 0.629. The van der Waals surface area contributed by atoms with Gasteiger partial charge in [-0.3, -0.25) is 0 Å². The van der Waals surface area contributed by atoms with Gasteiger partial charge in [-0.2, -0.15) is 0 Å². The Bertz CT molecular complexity index is 710. The second kappa shape index (κ2) is 5.18. The lowest BCUT2D eigenvalue weighted by Gasteiger charge is -2.12. The van der Waals surface area contributed by atoms with E-state index in [0.717, 1.165) is 6.42 Å².